The summed E-state index contributed by atoms with van der Waals surface area (Å²) in [7, 11) is 0. The maximum Gasteiger partial charge on any atom is 0.261 e. The number of nitrogens with zero attached hydrogens (tertiary/aromatic N) is 6. The van der Waals surface area contributed by atoms with Crippen molar-refractivity contribution < 1.29 is 27.5 Å². The first-order valence-corrected chi connectivity index (χ1v) is 20.1. The van der Waals surface area contributed by atoms with E-state index in [-0.39, 0.29) is 47.6 Å². The van der Waals surface area contributed by atoms with Crippen LogP contribution >= 0.6 is 0 Å². The number of halogens is 3. The lowest BCUT2D eigenvalue weighted by atomic mass is 9.71. The van der Waals surface area contributed by atoms with E-state index in [9.17, 15) is 18.4 Å². The molecule has 3 aromatic heterocycles. The van der Waals surface area contributed by atoms with Crippen LogP contribution in [0.4, 0.5) is 30.4 Å². The van der Waals surface area contributed by atoms with Gasteiger partial charge in [-0.25, -0.2) is 23.1 Å². The third-order valence-corrected chi connectivity index (χ3v) is 13.2. The van der Waals surface area contributed by atoms with E-state index in [0.29, 0.717) is 59.7 Å². The number of piperidine rings is 1. The summed E-state index contributed by atoms with van der Waals surface area (Å²) in [5, 5.41) is 5.63. The smallest absolute Gasteiger partial charge is 0.261 e. The number of alkyl halides is 2. The summed E-state index contributed by atoms with van der Waals surface area (Å²) in [6, 6.07) is 6.49. The van der Waals surface area contributed by atoms with Gasteiger partial charge in [0.1, 0.15) is 16.9 Å². The molecule has 2 N–H and O–H groups in total. The van der Waals surface area contributed by atoms with Crippen LogP contribution in [0.15, 0.2) is 36.8 Å². The zero-order valence-electron chi connectivity index (χ0n) is 32.4. The summed E-state index contributed by atoms with van der Waals surface area (Å²) in [5.41, 5.74) is 2.19. The second-order valence-electron chi connectivity index (χ2n) is 17.2. The number of ether oxygens (including phenoxy) is 1. The number of benzene rings is 1. The normalized spacial score (nSPS) is 24.2. The average Bonchev–Trinajstić information content (AvgIpc) is 3.77. The van der Waals surface area contributed by atoms with Gasteiger partial charge in [-0.05, 0) is 122 Å². The molecule has 2 saturated heterocycles. The maximum atomic E-state index is 15.7. The third-order valence-electron chi connectivity index (χ3n) is 13.2. The number of likely N-dealkylation sites (tertiary alicyclic amines) is 1. The van der Waals surface area contributed by atoms with Crippen molar-refractivity contribution in [1.82, 2.24) is 29.7 Å². The van der Waals surface area contributed by atoms with Crippen molar-refractivity contribution in [3.05, 3.63) is 59.4 Å². The van der Waals surface area contributed by atoms with Gasteiger partial charge in [0.2, 0.25) is 5.91 Å². The van der Waals surface area contributed by atoms with Crippen molar-refractivity contribution in [2.24, 2.45) is 0 Å². The molecule has 2 saturated carbocycles. The van der Waals surface area contributed by atoms with Crippen LogP contribution in [-0.2, 0) is 14.9 Å². The predicted molar refractivity (Wildman–Crippen MR) is 207 cm³/mol. The molecule has 0 atom stereocenters. The van der Waals surface area contributed by atoms with E-state index in [2.05, 4.69) is 22.5 Å². The number of hydrogen-bond acceptors (Lipinski definition) is 8. The van der Waals surface area contributed by atoms with Gasteiger partial charge in [-0.2, -0.15) is 0 Å². The van der Waals surface area contributed by atoms with Crippen LogP contribution in [-0.4, -0.2) is 86.1 Å². The van der Waals surface area contributed by atoms with E-state index >= 15 is 4.39 Å². The monoisotopic (exact) mass is 770 g/mol. The lowest BCUT2D eigenvalue weighted by Gasteiger charge is -2.56. The van der Waals surface area contributed by atoms with Crippen molar-refractivity contribution in [2.45, 2.75) is 120 Å². The van der Waals surface area contributed by atoms with Crippen LogP contribution in [0.5, 0.6) is 0 Å². The number of amides is 2. The Morgan fingerprint density at radius 1 is 1.00 bits per heavy atom. The Hall–Kier alpha value is -4.56. The zero-order valence-corrected chi connectivity index (χ0v) is 32.4. The van der Waals surface area contributed by atoms with Crippen molar-refractivity contribution in [3.63, 3.8) is 0 Å². The maximum absolute atomic E-state index is 15.7. The largest absolute Gasteiger partial charge is 0.381 e. The van der Waals surface area contributed by atoms with Crippen molar-refractivity contribution >= 4 is 40.0 Å². The summed E-state index contributed by atoms with van der Waals surface area (Å²) in [6.07, 6.45) is 7.77. The van der Waals surface area contributed by atoms with Gasteiger partial charge in [0.15, 0.2) is 5.82 Å². The molecule has 0 bridgehead atoms. The van der Waals surface area contributed by atoms with Gasteiger partial charge in [-0.15, -0.1) is 0 Å². The molecule has 56 heavy (non-hydrogen) atoms. The molecular weight excluding hydrogens is 722 g/mol. The second-order valence-corrected chi connectivity index (χ2v) is 17.2. The van der Waals surface area contributed by atoms with Crippen LogP contribution in [0.25, 0.3) is 22.3 Å². The molecule has 3 aliphatic heterocycles. The van der Waals surface area contributed by atoms with E-state index in [1.165, 1.54) is 31.4 Å². The van der Waals surface area contributed by atoms with Gasteiger partial charge in [-0.3, -0.25) is 19.5 Å². The molecule has 9 rings (SSSR count). The van der Waals surface area contributed by atoms with E-state index in [1.54, 1.807) is 19.4 Å². The first-order chi connectivity index (χ1) is 26.8. The minimum atomic E-state index is -2.70. The van der Waals surface area contributed by atoms with Crippen LogP contribution in [0, 0.1) is 12.7 Å². The quantitative estimate of drug-likeness (QED) is 0.179. The van der Waals surface area contributed by atoms with Crippen molar-refractivity contribution in [3.8, 4) is 11.3 Å². The molecule has 5 aliphatic rings. The standard InChI is InChI=1S/C42H49F3N8O3/c1-24(2)52-23-47-32-19-30(48-36(34(32)52)49-31-18-28(25(3)16-29(31)43)37(54)50-42(8-9-42)38(44)45)26-17-33-35(46-22-26)41(10-14-56-15-11-41)39(55)53(33)27-20-40(4,21-27)51-12-6-5-7-13-51/h16-19,22-24,27,38H,5-15,20-21H2,1-4H3,(H,48,49)(H,50,54)/t27-,40+. The molecule has 14 heteroatoms. The minimum absolute atomic E-state index is 0.0172. The van der Waals surface area contributed by atoms with Gasteiger partial charge < -0.3 is 24.8 Å². The Labute approximate surface area is 324 Å². The average molecular weight is 771 g/mol. The molecule has 4 fully saturated rings. The number of nitrogens with one attached hydrogen (secondary N) is 2. The number of pyridine rings is 2. The number of aromatic nitrogens is 4. The number of hydrogen-bond donors (Lipinski definition) is 2. The molecule has 11 nitrogen and oxygen atoms in total. The van der Waals surface area contributed by atoms with Crippen LogP contribution in [0.2, 0.25) is 0 Å². The highest BCUT2D eigenvalue weighted by Gasteiger charge is 2.58. The topological polar surface area (TPSA) is 118 Å². The third kappa shape index (κ3) is 5.97. The van der Waals surface area contributed by atoms with E-state index in [4.69, 9.17) is 19.7 Å². The second kappa shape index (κ2) is 13.5. The Morgan fingerprint density at radius 3 is 2.41 bits per heavy atom. The lowest BCUT2D eigenvalue weighted by molar-refractivity contribution is -0.128. The Kier molecular flexibility index (Phi) is 8.95. The fraction of sp³-hybridized carbons (Fsp3) is 0.548. The summed E-state index contributed by atoms with van der Waals surface area (Å²) in [4.78, 5) is 47.3. The summed E-state index contributed by atoms with van der Waals surface area (Å²) in [5.74, 6) is -0.911. The number of fused-ring (bicyclic) bond motifs is 3. The highest BCUT2D eigenvalue weighted by molar-refractivity contribution is 6.09. The molecule has 296 valence electrons. The lowest BCUT2D eigenvalue weighted by Crippen LogP contribution is -2.64. The first kappa shape index (κ1) is 37.0. The van der Waals surface area contributed by atoms with Gasteiger partial charge in [0.25, 0.3) is 12.3 Å². The van der Waals surface area contributed by atoms with E-state index < -0.39 is 29.1 Å². The molecule has 4 aromatic rings. The molecule has 1 spiro atoms. The molecule has 2 aliphatic carbocycles. The SMILES string of the molecule is Cc1cc(F)c(Nc2nc(-c3cnc4c(c3)N([C@H]3C[C@@](C)(N5CCCCC5)C3)C(=O)C43CCOCC3)cc3ncn(C(C)C)c23)cc1C(=O)NC1(C(F)F)CC1. The predicted octanol–water partition coefficient (Wildman–Crippen LogP) is 7.59. The van der Waals surface area contributed by atoms with Gasteiger partial charge >= 0.3 is 0 Å². The highest BCUT2D eigenvalue weighted by Crippen LogP contribution is 2.53. The summed E-state index contributed by atoms with van der Waals surface area (Å²) < 4.78 is 50.8. The Bertz CT molecular complexity index is 2220. The number of carbonyl (C=O) groups excluding carboxylic acids is 2. The number of carbonyl (C=O) groups is 2. The van der Waals surface area contributed by atoms with Crippen molar-refractivity contribution in [1.29, 1.82) is 0 Å². The van der Waals surface area contributed by atoms with E-state index in [0.717, 1.165) is 37.3 Å². The Morgan fingerprint density at radius 2 is 1.73 bits per heavy atom. The van der Waals surface area contributed by atoms with Crippen LogP contribution < -0.4 is 15.5 Å². The Balaban J connectivity index is 1.09. The first-order valence-electron chi connectivity index (χ1n) is 20.1. The van der Waals surface area contributed by atoms with E-state index in [1.807, 2.05) is 35.4 Å². The fourth-order valence-corrected chi connectivity index (χ4v) is 9.60. The molecule has 2 amide bonds. The summed E-state index contributed by atoms with van der Waals surface area (Å²) >= 11 is 0. The number of rotatable bonds is 9. The number of imidazole rings is 1. The fourth-order valence-electron chi connectivity index (χ4n) is 9.60. The molecule has 1 aromatic carbocycles. The van der Waals surface area contributed by atoms with Gasteiger partial charge in [0, 0.05) is 48.2 Å². The summed E-state index contributed by atoms with van der Waals surface area (Å²) in [6.45, 7) is 11.1. The van der Waals surface area contributed by atoms with Gasteiger partial charge in [-0.1, -0.05) is 6.42 Å². The van der Waals surface area contributed by atoms with Gasteiger partial charge in [0.05, 0.1) is 40.0 Å². The van der Waals surface area contributed by atoms with Crippen LogP contribution in [0.3, 0.4) is 0 Å². The molecule has 0 unspecified atom stereocenters. The molecule has 6 heterocycles. The molecule has 0 radical (unpaired) electrons. The van der Waals surface area contributed by atoms with Crippen molar-refractivity contribution in [2.75, 3.05) is 36.5 Å². The molecular formula is C42H49F3N8O3. The number of aryl methyl sites for hydroxylation is 1. The number of anilines is 3. The van der Waals surface area contributed by atoms with Crippen LogP contribution in [0.1, 0.15) is 106 Å². The minimum Gasteiger partial charge on any atom is -0.381 e. The highest BCUT2D eigenvalue weighted by atomic mass is 19.3. The zero-order chi connectivity index (χ0) is 39.1.